The lowest BCUT2D eigenvalue weighted by Crippen LogP contribution is -2.42. The molecule has 2 N–H and O–H groups in total. The Morgan fingerprint density at radius 3 is 2.37 bits per heavy atom. The number of rotatable bonds is 9. The molecule has 2 heterocycles. The molecule has 2 aliphatic rings. The van der Waals surface area contributed by atoms with Gasteiger partial charge in [0.25, 0.3) is 11.7 Å². The van der Waals surface area contributed by atoms with Crippen LogP contribution in [0.2, 0.25) is 0 Å². The van der Waals surface area contributed by atoms with Gasteiger partial charge in [-0.3, -0.25) is 14.5 Å². The normalized spacial score (nSPS) is 20.4. The second-order valence-electron chi connectivity index (χ2n) is 8.76. The fourth-order valence-electron chi connectivity index (χ4n) is 4.39. The van der Waals surface area contributed by atoms with Crippen molar-refractivity contribution in [3.63, 3.8) is 0 Å². The fraction of sp³-hybridized carbons (Fsp3) is 0.407. The second-order valence-corrected chi connectivity index (χ2v) is 8.76. The molecular formula is C27H32N2O6. The first-order chi connectivity index (χ1) is 17.0. The van der Waals surface area contributed by atoms with Crippen molar-refractivity contribution < 1.29 is 29.3 Å². The molecule has 2 aliphatic heterocycles. The molecular weight excluding hydrogens is 448 g/mol. The van der Waals surface area contributed by atoms with E-state index >= 15 is 0 Å². The molecule has 0 saturated carbocycles. The van der Waals surface area contributed by atoms with Crippen molar-refractivity contribution >= 4 is 17.4 Å². The topological polar surface area (TPSA) is 99.5 Å². The van der Waals surface area contributed by atoms with E-state index in [-0.39, 0.29) is 17.1 Å². The predicted octanol–water partition coefficient (Wildman–Crippen LogP) is 3.33. The van der Waals surface area contributed by atoms with Gasteiger partial charge in [0.05, 0.1) is 31.4 Å². The zero-order chi connectivity index (χ0) is 24.8. The van der Waals surface area contributed by atoms with Gasteiger partial charge in [-0.05, 0) is 48.4 Å². The average Bonchev–Trinajstić information content (AvgIpc) is 3.13. The maximum absolute atomic E-state index is 13.2. The molecule has 0 spiro atoms. The summed E-state index contributed by atoms with van der Waals surface area (Å²) in [5, 5.41) is 21.0. The van der Waals surface area contributed by atoms with E-state index in [2.05, 4.69) is 11.8 Å². The summed E-state index contributed by atoms with van der Waals surface area (Å²) in [5.41, 5.74) is 1.12. The van der Waals surface area contributed by atoms with Crippen LogP contribution in [0.1, 0.15) is 36.9 Å². The molecule has 1 atom stereocenters. The highest BCUT2D eigenvalue weighted by atomic mass is 16.5. The molecule has 186 valence electrons. The third-order valence-electron chi connectivity index (χ3n) is 6.40. The van der Waals surface area contributed by atoms with Gasteiger partial charge in [-0.2, -0.15) is 0 Å². The number of phenols is 1. The minimum absolute atomic E-state index is 0.0438. The number of morpholine rings is 1. The quantitative estimate of drug-likeness (QED) is 0.246. The number of amides is 1. The SMILES string of the molecule is CCCCOc1ccc(C(O)=C2C(=O)C(=O)N(CCN3CCOCC3)[C@@H]2c2ccc(O)cc2)cc1. The maximum Gasteiger partial charge on any atom is 0.295 e. The van der Waals surface area contributed by atoms with Crippen LogP contribution in [-0.4, -0.2) is 77.7 Å². The number of benzene rings is 2. The van der Waals surface area contributed by atoms with Gasteiger partial charge < -0.3 is 24.6 Å². The van der Waals surface area contributed by atoms with Crippen LogP contribution >= 0.6 is 0 Å². The molecule has 2 saturated heterocycles. The molecule has 1 amide bonds. The number of nitrogens with zero attached hydrogens (tertiary/aromatic N) is 2. The van der Waals surface area contributed by atoms with Crippen LogP contribution < -0.4 is 4.74 Å². The first kappa shape index (κ1) is 24.8. The van der Waals surface area contributed by atoms with Gasteiger partial charge in [0.1, 0.15) is 17.3 Å². The van der Waals surface area contributed by atoms with E-state index in [1.807, 2.05) is 0 Å². The lowest BCUT2D eigenvalue weighted by molar-refractivity contribution is -0.140. The Morgan fingerprint density at radius 2 is 1.71 bits per heavy atom. The minimum Gasteiger partial charge on any atom is -0.508 e. The first-order valence-corrected chi connectivity index (χ1v) is 12.1. The summed E-state index contributed by atoms with van der Waals surface area (Å²) < 4.78 is 11.1. The highest BCUT2D eigenvalue weighted by Gasteiger charge is 2.46. The molecule has 0 radical (unpaired) electrons. The number of phenolic OH excluding ortho intramolecular Hbond substituents is 1. The molecule has 0 unspecified atom stereocenters. The van der Waals surface area contributed by atoms with E-state index in [4.69, 9.17) is 9.47 Å². The minimum atomic E-state index is -0.753. The summed E-state index contributed by atoms with van der Waals surface area (Å²) in [5.74, 6) is -0.827. The number of hydrogen-bond donors (Lipinski definition) is 2. The van der Waals surface area contributed by atoms with Gasteiger partial charge in [-0.15, -0.1) is 0 Å². The highest BCUT2D eigenvalue weighted by molar-refractivity contribution is 6.46. The number of hydrogen-bond acceptors (Lipinski definition) is 7. The van der Waals surface area contributed by atoms with E-state index in [0.29, 0.717) is 49.8 Å². The third kappa shape index (κ3) is 5.66. The Morgan fingerprint density at radius 1 is 1.03 bits per heavy atom. The summed E-state index contributed by atoms with van der Waals surface area (Å²) >= 11 is 0. The maximum atomic E-state index is 13.2. The third-order valence-corrected chi connectivity index (χ3v) is 6.40. The molecule has 35 heavy (non-hydrogen) atoms. The van der Waals surface area contributed by atoms with E-state index in [1.165, 1.54) is 17.0 Å². The summed E-state index contributed by atoms with van der Waals surface area (Å²) in [6, 6.07) is 12.5. The van der Waals surface area contributed by atoms with Gasteiger partial charge in [0.15, 0.2) is 0 Å². The monoisotopic (exact) mass is 480 g/mol. The molecule has 0 aliphatic carbocycles. The van der Waals surface area contributed by atoms with Gasteiger partial charge in [0, 0.05) is 31.7 Å². The van der Waals surface area contributed by atoms with E-state index in [9.17, 15) is 19.8 Å². The Labute approximate surface area is 205 Å². The fourth-order valence-corrected chi connectivity index (χ4v) is 4.39. The molecule has 2 aromatic carbocycles. The number of aromatic hydroxyl groups is 1. The number of carbonyl (C=O) groups is 2. The molecule has 2 fully saturated rings. The Hall–Kier alpha value is -3.36. The molecule has 4 rings (SSSR count). The predicted molar refractivity (Wildman–Crippen MR) is 131 cm³/mol. The van der Waals surface area contributed by atoms with E-state index in [1.54, 1.807) is 36.4 Å². The van der Waals surface area contributed by atoms with Crippen LogP contribution in [0.3, 0.4) is 0 Å². The van der Waals surface area contributed by atoms with Crippen molar-refractivity contribution in [2.24, 2.45) is 0 Å². The number of ether oxygens (including phenoxy) is 2. The van der Waals surface area contributed by atoms with Crippen LogP contribution in [0.4, 0.5) is 0 Å². The first-order valence-electron chi connectivity index (χ1n) is 12.1. The zero-order valence-electron chi connectivity index (χ0n) is 20.0. The second kappa shape index (κ2) is 11.4. The van der Waals surface area contributed by atoms with Gasteiger partial charge in [0.2, 0.25) is 0 Å². The molecule has 0 bridgehead atoms. The Kier molecular flexibility index (Phi) is 8.05. The summed E-state index contributed by atoms with van der Waals surface area (Å²) in [7, 11) is 0. The standard InChI is InChI=1S/C27H32N2O6/c1-2-3-16-35-22-10-6-20(7-11-22)25(31)23-24(19-4-8-21(30)9-5-19)29(27(33)26(23)32)13-12-28-14-17-34-18-15-28/h4-11,24,30-31H,2-3,12-18H2,1H3/t24-/m1/s1. The van der Waals surface area contributed by atoms with Crippen molar-refractivity contribution in [1.29, 1.82) is 0 Å². The summed E-state index contributed by atoms with van der Waals surface area (Å²) in [4.78, 5) is 30.0. The number of ketones is 1. The Balaban J connectivity index is 1.65. The number of carbonyl (C=O) groups excluding carboxylic acids is 2. The smallest absolute Gasteiger partial charge is 0.295 e. The molecule has 8 heteroatoms. The van der Waals surface area contributed by atoms with Crippen LogP contribution in [0, 0.1) is 0 Å². The van der Waals surface area contributed by atoms with Crippen LogP contribution in [0.15, 0.2) is 54.1 Å². The summed E-state index contributed by atoms with van der Waals surface area (Å²) in [6.45, 7) is 6.42. The van der Waals surface area contributed by atoms with Gasteiger partial charge >= 0.3 is 0 Å². The molecule has 2 aromatic rings. The number of aliphatic hydroxyl groups excluding tert-OH is 1. The van der Waals surface area contributed by atoms with Gasteiger partial charge in [-0.25, -0.2) is 0 Å². The van der Waals surface area contributed by atoms with E-state index < -0.39 is 17.7 Å². The summed E-state index contributed by atoms with van der Waals surface area (Å²) in [6.07, 6.45) is 1.98. The average molecular weight is 481 g/mol. The number of likely N-dealkylation sites (tertiary alicyclic amines) is 1. The van der Waals surface area contributed by atoms with Crippen molar-refractivity contribution in [3.8, 4) is 11.5 Å². The van der Waals surface area contributed by atoms with E-state index in [0.717, 1.165) is 25.9 Å². The lowest BCUT2D eigenvalue weighted by Gasteiger charge is -2.31. The van der Waals surface area contributed by atoms with Crippen molar-refractivity contribution in [1.82, 2.24) is 9.80 Å². The number of aliphatic hydroxyl groups is 1. The van der Waals surface area contributed by atoms with Crippen LogP contribution in [0.25, 0.3) is 5.76 Å². The van der Waals surface area contributed by atoms with Crippen LogP contribution in [-0.2, 0) is 14.3 Å². The molecule has 0 aromatic heterocycles. The lowest BCUT2D eigenvalue weighted by atomic mass is 9.95. The largest absolute Gasteiger partial charge is 0.508 e. The Bertz CT molecular complexity index is 1060. The van der Waals surface area contributed by atoms with Crippen molar-refractivity contribution in [3.05, 3.63) is 65.2 Å². The highest BCUT2D eigenvalue weighted by Crippen LogP contribution is 2.39. The van der Waals surface area contributed by atoms with Crippen molar-refractivity contribution in [2.45, 2.75) is 25.8 Å². The number of Topliss-reactive ketones (excluding diaryl/α,β-unsaturated/α-hetero) is 1. The van der Waals surface area contributed by atoms with Crippen LogP contribution in [0.5, 0.6) is 11.5 Å². The number of unbranched alkanes of at least 4 members (excludes halogenated alkanes) is 1. The zero-order valence-corrected chi connectivity index (χ0v) is 20.0. The van der Waals surface area contributed by atoms with Crippen molar-refractivity contribution in [2.75, 3.05) is 46.0 Å². The molecule has 8 nitrogen and oxygen atoms in total. The van der Waals surface area contributed by atoms with Gasteiger partial charge in [-0.1, -0.05) is 25.5 Å².